The number of thioether (sulfide) groups is 1. The summed E-state index contributed by atoms with van der Waals surface area (Å²) >= 11 is 1.10. The molecular weight excluding hydrogens is 344 g/mol. The zero-order valence-electron chi connectivity index (χ0n) is 13.3. The zero-order valence-corrected chi connectivity index (χ0v) is 14.1. The van der Waals surface area contributed by atoms with Crippen molar-refractivity contribution in [3.63, 3.8) is 0 Å². The Morgan fingerprint density at radius 3 is 2.88 bits per heavy atom. The second kappa shape index (κ2) is 7.47. The Labute approximate surface area is 147 Å². The summed E-state index contributed by atoms with van der Waals surface area (Å²) in [6.07, 6.45) is 3.50. The van der Waals surface area contributed by atoms with Crippen LogP contribution in [0, 0.1) is 10.1 Å². The van der Waals surface area contributed by atoms with Gasteiger partial charge in [-0.15, -0.1) is 0 Å². The van der Waals surface area contributed by atoms with Gasteiger partial charge in [0.25, 0.3) is 11.2 Å². The number of benzene rings is 1. The average molecular weight is 360 g/mol. The Morgan fingerprint density at radius 1 is 1.32 bits per heavy atom. The summed E-state index contributed by atoms with van der Waals surface area (Å²) in [5, 5.41) is 13.9. The Bertz CT molecular complexity index is 881. The Hall–Kier alpha value is -2.68. The topological polar surface area (TPSA) is 118 Å². The molecule has 25 heavy (non-hydrogen) atoms. The molecule has 0 atom stereocenters. The number of nitro benzene ring substituents is 1. The molecule has 1 amide bonds. The SMILES string of the molecule is O=C(CSc1nc2c(c(=O)[nH]1)CCCC2)Nc1ccccc1[N+](=O)[O-]. The lowest BCUT2D eigenvalue weighted by molar-refractivity contribution is -0.383. The van der Waals surface area contributed by atoms with E-state index < -0.39 is 10.8 Å². The van der Waals surface area contributed by atoms with Crippen molar-refractivity contribution < 1.29 is 9.72 Å². The summed E-state index contributed by atoms with van der Waals surface area (Å²) in [7, 11) is 0. The van der Waals surface area contributed by atoms with Gasteiger partial charge in [-0.1, -0.05) is 23.9 Å². The molecule has 0 bridgehead atoms. The third-order valence-electron chi connectivity index (χ3n) is 3.88. The van der Waals surface area contributed by atoms with Gasteiger partial charge < -0.3 is 10.3 Å². The van der Waals surface area contributed by atoms with Gasteiger partial charge in [-0.25, -0.2) is 4.98 Å². The predicted octanol–water partition coefficient (Wildman–Crippen LogP) is 2.29. The maximum atomic E-state index is 12.1. The molecule has 1 aromatic carbocycles. The molecule has 8 nitrogen and oxygen atoms in total. The molecule has 130 valence electrons. The molecule has 0 unspecified atom stereocenters. The number of hydrogen-bond donors (Lipinski definition) is 2. The molecule has 0 saturated carbocycles. The third-order valence-corrected chi connectivity index (χ3v) is 4.76. The maximum Gasteiger partial charge on any atom is 0.292 e. The molecule has 2 N–H and O–H groups in total. The maximum absolute atomic E-state index is 12.1. The number of para-hydroxylation sites is 2. The van der Waals surface area contributed by atoms with Crippen molar-refractivity contribution in [2.24, 2.45) is 0 Å². The summed E-state index contributed by atoms with van der Waals surface area (Å²) < 4.78 is 0. The standard InChI is InChI=1S/C16H16N4O4S/c21-14(17-12-7-3-4-8-13(12)20(23)24)9-25-16-18-11-6-2-1-5-10(11)15(22)19-16/h3-4,7-8H,1-2,5-6,9H2,(H,17,21)(H,18,19,22). The second-order valence-corrected chi connectivity index (χ2v) is 6.58. The predicted molar refractivity (Wildman–Crippen MR) is 93.9 cm³/mol. The van der Waals surface area contributed by atoms with Crippen molar-refractivity contribution in [2.75, 3.05) is 11.1 Å². The lowest BCUT2D eigenvalue weighted by atomic mass is 9.97. The summed E-state index contributed by atoms with van der Waals surface area (Å²) in [5.41, 5.74) is 1.37. The van der Waals surface area contributed by atoms with Crippen LogP contribution < -0.4 is 10.9 Å². The number of nitro groups is 1. The summed E-state index contributed by atoms with van der Waals surface area (Å²) in [6.45, 7) is 0. The van der Waals surface area contributed by atoms with Crippen LogP contribution in [-0.2, 0) is 17.6 Å². The van der Waals surface area contributed by atoms with Crippen molar-refractivity contribution in [3.05, 3.63) is 56.0 Å². The monoisotopic (exact) mass is 360 g/mol. The number of anilines is 1. The van der Waals surface area contributed by atoms with Crippen LogP contribution in [-0.4, -0.2) is 26.6 Å². The van der Waals surface area contributed by atoms with E-state index in [0.29, 0.717) is 5.16 Å². The van der Waals surface area contributed by atoms with E-state index in [2.05, 4.69) is 15.3 Å². The molecule has 9 heteroatoms. The van der Waals surface area contributed by atoms with E-state index in [1.807, 2.05) is 0 Å². The number of aromatic nitrogens is 2. The smallest absolute Gasteiger partial charge is 0.292 e. The molecule has 0 fully saturated rings. The zero-order chi connectivity index (χ0) is 17.8. The van der Waals surface area contributed by atoms with E-state index in [-0.39, 0.29) is 22.7 Å². The van der Waals surface area contributed by atoms with Gasteiger partial charge in [0.1, 0.15) is 5.69 Å². The highest BCUT2D eigenvalue weighted by atomic mass is 32.2. The van der Waals surface area contributed by atoms with Crippen LogP contribution in [0.1, 0.15) is 24.1 Å². The van der Waals surface area contributed by atoms with Gasteiger partial charge in [0, 0.05) is 11.6 Å². The van der Waals surface area contributed by atoms with Gasteiger partial charge in [0.2, 0.25) is 5.91 Å². The van der Waals surface area contributed by atoms with E-state index >= 15 is 0 Å². The van der Waals surface area contributed by atoms with Gasteiger partial charge in [-0.05, 0) is 31.7 Å². The molecule has 2 aromatic rings. The Balaban J connectivity index is 1.66. The van der Waals surface area contributed by atoms with Gasteiger partial charge in [0.05, 0.1) is 16.4 Å². The van der Waals surface area contributed by atoms with Crippen LogP contribution in [0.4, 0.5) is 11.4 Å². The molecule has 0 aliphatic heterocycles. The molecular formula is C16H16N4O4S. The fourth-order valence-corrected chi connectivity index (χ4v) is 3.39. The van der Waals surface area contributed by atoms with Crippen LogP contribution in [0.25, 0.3) is 0 Å². The van der Waals surface area contributed by atoms with Crippen molar-refractivity contribution >= 4 is 29.0 Å². The number of H-pyrrole nitrogens is 1. The van der Waals surface area contributed by atoms with Crippen molar-refractivity contribution in [1.29, 1.82) is 0 Å². The molecule has 1 aliphatic rings. The van der Waals surface area contributed by atoms with Crippen LogP contribution in [0.5, 0.6) is 0 Å². The highest BCUT2D eigenvalue weighted by Gasteiger charge is 2.17. The molecule has 0 radical (unpaired) electrons. The number of aromatic amines is 1. The molecule has 1 aliphatic carbocycles. The van der Waals surface area contributed by atoms with Crippen LogP contribution >= 0.6 is 11.8 Å². The third kappa shape index (κ3) is 4.05. The van der Waals surface area contributed by atoms with Gasteiger partial charge in [0.15, 0.2) is 5.16 Å². The molecule has 1 heterocycles. The van der Waals surface area contributed by atoms with Crippen molar-refractivity contribution in [3.8, 4) is 0 Å². The van der Waals surface area contributed by atoms with Crippen LogP contribution in [0.3, 0.4) is 0 Å². The largest absolute Gasteiger partial charge is 0.320 e. The van der Waals surface area contributed by atoms with E-state index in [1.54, 1.807) is 6.07 Å². The average Bonchev–Trinajstić information content (AvgIpc) is 2.60. The summed E-state index contributed by atoms with van der Waals surface area (Å²) in [4.78, 5) is 41.6. The number of carbonyl (C=O) groups excluding carboxylic acids is 1. The number of aryl methyl sites for hydroxylation is 1. The first-order valence-electron chi connectivity index (χ1n) is 7.83. The molecule has 3 rings (SSSR count). The number of rotatable bonds is 5. The van der Waals surface area contributed by atoms with Gasteiger partial charge in [-0.2, -0.15) is 0 Å². The minimum atomic E-state index is -0.550. The van der Waals surface area contributed by atoms with E-state index in [4.69, 9.17) is 0 Å². The summed E-state index contributed by atoms with van der Waals surface area (Å²) in [6, 6.07) is 5.94. The number of fused-ring (bicyclic) bond motifs is 1. The number of carbonyl (C=O) groups is 1. The lowest BCUT2D eigenvalue weighted by Crippen LogP contribution is -2.22. The van der Waals surface area contributed by atoms with E-state index in [1.165, 1.54) is 18.2 Å². The molecule has 0 spiro atoms. The van der Waals surface area contributed by atoms with Crippen molar-refractivity contribution in [1.82, 2.24) is 9.97 Å². The summed E-state index contributed by atoms with van der Waals surface area (Å²) in [5.74, 6) is -0.409. The van der Waals surface area contributed by atoms with Crippen LogP contribution in [0.15, 0.2) is 34.2 Å². The number of hydrogen-bond acceptors (Lipinski definition) is 6. The van der Waals surface area contributed by atoms with Gasteiger partial charge >= 0.3 is 0 Å². The first-order valence-corrected chi connectivity index (χ1v) is 8.81. The number of nitrogens with zero attached hydrogens (tertiary/aromatic N) is 2. The van der Waals surface area contributed by atoms with E-state index in [9.17, 15) is 19.7 Å². The first-order chi connectivity index (χ1) is 12.0. The molecule has 1 aromatic heterocycles. The number of amides is 1. The lowest BCUT2D eigenvalue weighted by Gasteiger charge is -2.14. The quantitative estimate of drug-likeness (QED) is 0.365. The second-order valence-electron chi connectivity index (χ2n) is 5.61. The first kappa shape index (κ1) is 17.2. The molecule has 0 saturated heterocycles. The van der Waals surface area contributed by atoms with Crippen LogP contribution in [0.2, 0.25) is 0 Å². The Morgan fingerprint density at radius 2 is 2.08 bits per heavy atom. The van der Waals surface area contributed by atoms with Crippen molar-refractivity contribution in [2.45, 2.75) is 30.8 Å². The minimum Gasteiger partial charge on any atom is -0.320 e. The normalized spacial score (nSPS) is 13.1. The fraction of sp³-hybridized carbons (Fsp3) is 0.312. The fourth-order valence-electron chi connectivity index (χ4n) is 2.71. The highest BCUT2D eigenvalue weighted by Crippen LogP contribution is 2.24. The minimum absolute atomic E-state index is 0.00618. The highest BCUT2D eigenvalue weighted by molar-refractivity contribution is 7.99. The Kier molecular flexibility index (Phi) is 5.13. The van der Waals surface area contributed by atoms with E-state index in [0.717, 1.165) is 48.7 Å². The number of nitrogens with one attached hydrogen (secondary N) is 2. The van der Waals surface area contributed by atoms with Gasteiger partial charge in [-0.3, -0.25) is 19.7 Å².